The van der Waals surface area contributed by atoms with Gasteiger partial charge in [-0.3, -0.25) is 9.59 Å². The normalized spacial score (nSPS) is 20.1. The molecule has 1 unspecified atom stereocenters. The summed E-state index contributed by atoms with van der Waals surface area (Å²) in [5, 5.41) is 2.67. The second-order valence-electron chi connectivity index (χ2n) is 5.56. The van der Waals surface area contributed by atoms with Gasteiger partial charge >= 0.3 is 0 Å². The number of methoxy groups -OCH3 is 1. The Bertz CT molecular complexity index is 628. The minimum absolute atomic E-state index is 0.0821. The number of rotatable bonds is 6. The Balaban J connectivity index is 2.11. The Kier molecular flexibility index (Phi) is 6.01. The highest BCUT2D eigenvalue weighted by Crippen LogP contribution is 2.31. The molecule has 1 N–H and O–H groups in total. The van der Waals surface area contributed by atoms with Crippen LogP contribution in [0.3, 0.4) is 0 Å². The summed E-state index contributed by atoms with van der Waals surface area (Å²) >= 11 is 5.88. The van der Waals surface area contributed by atoms with Crippen LogP contribution in [0, 0.1) is 5.82 Å². The van der Waals surface area contributed by atoms with Crippen molar-refractivity contribution in [2.24, 2.45) is 0 Å². The van der Waals surface area contributed by atoms with Gasteiger partial charge in [0, 0.05) is 20.7 Å². The van der Waals surface area contributed by atoms with Crippen molar-refractivity contribution in [3.63, 3.8) is 0 Å². The fraction of sp³-hybridized carbons (Fsp3) is 0.500. The molecule has 1 aromatic carbocycles. The molecule has 6 nitrogen and oxygen atoms in total. The van der Waals surface area contributed by atoms with Crippen LogP contribution in [0.2, 0.25) is 5.02 Å². The van der Waals surface area contributed by atoms with Crippen LogP contribution >= 0.6 is 11.6 Å². The SMILES string of the molecule is CNC(=O)C1(COC)CCCN1C(=O)COc1ccc(F)cc1Cl. The van der Waals surface area contributed by atoms with E-state index < -0.39 is 11.4 Å². The standard InChI is InChI=1S/C16H20ClFN2O4/c1-19-15(22)16(10-23-2)6-3-7-20(16)14(21)9-24-13-5-4-11(18)8-12(13)17/h4-5,8H,3,6-7,9-10H2,1-2H3,(H,19,22). The number of benzene rings is 1. The molecule has 1 aromatic rings. The maximum Gasteiger partial charge on any atom is 0.261 e. The molecule has 0 radical (unpaired) electrons. The number of hydrogen-bond acceptors (Lipinski definition) is 4. The third-order valence-corrected chi connectivity index (χ3v) is 4.36. The van der Waals surface area contributed by atoms with Crippen molar-refractivity contribution >= 4 is 23.4 Å². The number of nitrogens with zero attached hydrogens (tertiary/aromatic N) is 1. The van der Waals surface area contributed by atoms with Crippen LogP contribution in [0.5, 0.6) is 5.75 Å². The summed E-state index contributed by atoms with van der Waals surface area (Å²) in [6, 6.07) is 3.66. The van der Waals surface area contributed by atoms with E-state index >= 15 is 0 Å². The zero-order valence-corrected chi connectivity index (χ0v) is 14.4. The molecule has 2 amide bonds. The van der Waals surface area contributed by atoms with E-state index in [4.69, 9.17) is 21.1 Å². The van der Waals surface area contributed by atoms with Crippen LogP contribution in [0.1, 0.15) is 12.8 Å². The van der Waals surface area contributed by atoms with E-state index in [1.807, 2.05) is 0 Å². The summed E-state index contributed by atoms with van der Waals surface area (Å²) in [4.78, 5) is 26.4. The van der Waals surface area contributed by atoms with Gasteiger partial charge in [-0.25, -0.2) is 4.39 Å². The highest BCUT2D eigenvalue weighted by atomic mass is 35.5. The molecule has 1 fully saturated rings. The maximum absolute atomic E-state index is 13.0. The van der Waals surface area contributed by atoms with Crippen molar-refractivity contribution in [1.29, 1.82) is 0 Å². The number of likely N-dealkylation sites (tertiary alicyclic amines) is 1. The average Bonchev–Trinajstić information content (AvgIpc) is 2.98. The monoisotopic (exact) mass is 358 g/mol. The lowest BCUT2D eigenvalue weighted by Crippen LogP contribution is -2.60. The largest absolute Gasteiger partial charge is 0.482 e. The summed E-state index contributed by atoms with van der Waals surface area (Å²) in [6.07, 6.45) is 1.21. The van der Waals surface area contributed by atoms with Gasteiger partial charge in [0.1, 0.15) is 17.1 Å². The minimum Gasteiger partial charge on any atom is -0.482 e. The molecular weight excluding hydrogens is 339 g/mol. The number of nitrogens with one attached hydrogen (secondary N) is 1. The topological polar surface area (TPSA) is 67.9 Å². The smallest absolute Gasteiger partial charge is 0.261 e. The van der Waals surface area contributed by atoms with E-state index in [1.165, 1.54) is 31.2 Å². The fourth-order valence-corrected chi connectivity index (χ4v) is 3.20. The quantitative estimate of drug-likeness (QED) is 0.839. The summed E-state index contributed by atoms with van der Waals surface area (Å²) in [5.41, 5.74) is -1.03. The van der Waals surface area contributed by atoms with Crippen molar-refractivity contribution in [3.05, 3.63) is 29.0 Å². The molecule has 2 rings (SSSR count). The van der Waals surface area contributed by atoms with E-state index in [0.29, 0.717) is 19.4 Å². The maximum atomic E-state index is 13.0. The average molecular weight is 359 g/mol. The van der Waals surface area contributed by atoms with Crippen molar-refractivity contribution in [2.75, 3.05) is 33.9 Å². The molecule has 1 atom stereocenters. The first-order valence-electron chi connectivity index (χ1n) is 7.54. The predicted molar refractivity (Wildman–Crippen MR) is 86.5 cm³/mol. The van der Waals surface area contributed by atoms with Gasteiger partial charge in [0.05, 0.1) is 11.6 Å². The molecule has 132 valence electrons. The van der Waals surface area contributed by atoms with Crippen LogP contribution in [-0.4, -0.2) is 56.2 Å². The lowest BCUT2D eigenvalue weighted by atomic mass is 9.96. The van der Waals surface area contributed by atoms with E-state index in [1.54, 1.807) is 0 Å². The van der Waals surface area contributed by atoms with Gasteiger partial charge in [0.2, 0.25) is 5.91 Å². The number of likely N-dealkylation sites (N-methyl/N-ethyl adjacent to an activating group) is 1. The second-order valence-corrected chi connectivity index (χ2v) is 5.96. The summed E-state index contributed by atoms with van der Waals surface area (Å²) < 4.78 is 23.6. The highest BCUT2D eigenvalue weighted by Gasteiger charge is 2.49. The molecule has 0 bridgehead atoms. The van der Waals surface area contributed by atoms with E-state index in [0.717, 1.165) is 6.07 Å². The number of carbonyl (C=O) groups is 2. The van der Waals surface area contributed by atoms with Crippen molar-refractivity contribution in [1.82, 2.24) is 10.2 Å². The highest BCUT2D eigenvalue weighted by molar-refractivity contribution is 6.32. The molecule has 0 aromatic heterocycles. The zero-order chi connectivity index (χ0) is 17.7. The van der Waals surface area contributed by atoms with E-state index in [-0.39, 0.29) is 35.8 Å². The first-order chi connectivity index (χ1) is 11.4. The lowest BCUT2D eigenvalue weighted by Gasteiger charge is -2.36. The van der Waals surface area contributed by atoms with Gasteiger partial charge in [-0.05, 0) is 31.0 Å². The molecule has 0 aliphatic carbocycles. The van der Waals surface area contributed by atoms with Crippen molar-refractivity contribution in [3.8, 4) is 5.75 Å². The predicted octanol–water partition coefficient (Wildman–Crippen LogP) is 1.61. The Morgan fingerprint density at radius 1 is 1.46 bits per heavy atom. The van der Waals surface area contributed by atoms with Crippen molar-refractivity contribution in [2.45, 2.75) is 18.4 Å². The molecule has 1 aliphatic heterocycles. The van der Waals surface area contributed by atoms with Gasteiger partial charge < -0.3 is 19.7 Å². The molecule has 0 saturated carbocycles. The first-order valence-corrected chi connectivity index (χ1v) is 7.92. The number of hydrogen-bond donors (Lipinski definition) is 1. The Morgan fingerprint density at radius 3 is 2.83 bits per heavy atom. The number of ether oxygens (including phenoxy) is 2. The van der Waals surface area contributed by atoms with Crippen LogP contribution in [0.25, 0.3) is 0 Å². The second kappa shape index (κ2) is 7.81. The Morgan fingerprint density at radius 2 is 2.21 bits per heavy atom. The zero-order valence-electron chi connectivity index (χ0n) is 13.6. The fourth-order valence-electron chi connectivity index (χ4n) is 2.97. The minimum atomic E-state index is -1.03. The van der Waals surface area contributed by atoms with Gasteiger partial charge in [0.25, 0.3) is 5.91 Å². The third-order valence-electron chi connectivity index (χ3n) is 4.07. The van der Waals surface area contributed by atoms with Crippen LogP contribution in [0.15, 0.2) is 18.2 Å². The van der Waals surface area contributed by atoms with Gasteiger partial charge in [0.15, 0.2) is 6.61 Å². The summed E-state index contributed by atoms with van der Waals surface area (Å²) in [7, 11) is 3.01. The number of carbonyl (C=O) groups excluding carboxylic acids is 2. The van der Waals surface area contributed by atoms with Gasteiger partial charge in [-0.2, -0.15) is 0 Å². The Labute approximate surface area is 144 Å². The molecular formula is C16H20ClFN2O4. The van der Waals surface area contributed by atoms with Gasteiger partial charge in [-0.15, -0.1) is 0 Å². The summed E-state index contributed by atoms with van der Waals surface area (Å²) in [5.74, 6) is -0.900. The van der Waals surface area contributed by atoms with E-state index in [2.05, 4.69) is 5.32 Å². The van der Waals surface area contributed by atoms with Crippen LogP contribution in [0.4, 0.5) is 4.39 Å². The number of halogens is 2. The molecule has 8 heteroatoms. The van der Waals surface area contributed by atoms with Crippen LogP contribution < -0.4 is 10.1 Å². The Hall–Kier alpha value is -1.86. The molecule has 24 heavy (non-hydrogen) atoms. The van der Waals surface area contributed by atoms with Crippen molar-refractivity contribution < 1.29 is 23.5 Å². The molecule has 1 heterocycles. The molecule has 1 saturated heterocycles. The third kappa shape index (κ3) is 3.62. The van der Waals surface area contributed by atoms with Gasteiger partial charge in [-0.1, -0.05) is 11.6 Å². The lowest BCUT2D eigenvalue weighted by molar-refractivity contribution is -0.149. The van der Waals surface area contributed by atoms with Crippen LogP contribution in [-0.2, 0) is 14.3 Å². The number of amides is 2. The first kappa shape index (κ1) is 18.5. The molecule has 1 aliphatic rings. The summed E-state index contributed by atoms with van der Waals surface area (Å²) in [6.45, 7) is 0.250. The molecule has 0 spiro atoms. The van der Waals surface area contributed by atoms with E-state index in [9.17, 15) is 14.0 Å².